The first-order chi connectivity index (χ1) is 15.3. The van der Waals surface area contributed by atoms with Crippen molar-refractivity contribution in [3.05, 3.63) is 46.3 Å². The van der Waals surface area contributed by atoms with E-state index in [0.29, 0.717) is 12.8 Å². The number of benzene rings is 1. The van der Waals surface area contributed by atoms with Gasteiger partial charge >= 0.3 is 0 Å². The monoisotopic (exact) mass is 436 g/mol. The van der Waals surface area contributed by atoms with E-state index in [0.717, 1.165) is 64.4 Å². The number of carbonyl (C=O) groups excluding carboxylic acids is 1. The smallest absolute Gasteiger partial charge is 0.223 e. The maximum absolute atomic E-state index is 13.3. The van der Waals surface area contributed by atoms with Crippen LogP contribution in [-0.4, -0.2) is 46.3 Å². The number of hydrogen-bond acceptors (Lipinski definition) is 5. The van der Waals surface area contributed by atoms with Gasteiger partial charge in [0, 0.05) is 42.7 Å². The second-order valence-corrected chi connectivity index (χ2v) is 8.56. The standard InChI is InChI=1S/C25H32N4O3/c1-15-19(16(2)26-25-24(15)17(3)27-28(25)4)11-12-23(30)29-13-7-8-21(29)20-10-9-18(31-5)14-22(20)32-6/h9-10,14,21H,7-8,11-13H2,1-6H3/t21-/m1/s1. The van der Waals surface area contributed by atoms with Crippen molar-refractivity contribution in [2.24, 2.45) is 7.05 Å². The molecule has 7 heteroatoms. The molecule has 3 aromatic rings. The zero-order valence-corrected chi connectivity index (χ0v) is 19.9. The van der Waals surface area contributed by atoms with Crippen LogP contribution in [0.25, 0.3) is 11.0 Å². The molecule has 170 valence electrons. The second kappa shape index (κ2) is 8.81. The van der Waals surface area contributed by atoms with Gasteiger partial charge in [-0.3, -0.25) is 9.48 Å². The molecule has 0 N–H and O–H groups in total. The van der Waals surface area contributed by atoms with Crippen LogP contribution >= 0.6 is 0 Å². The number of likely N-dealkylation sites (tertiary alicyclic amines) is 1. The largest absolute Gasteiger partial charge is 0.497 e. The first kappa shape index (κ1) is 22.1. The van der Waals surface area contributed by atoms with Gasteiger partial charge in [-0.05, 0) is 63.3 Å². The van der Waals surface area contributed by atoms with Crippen molar-refractivity contribution in [2.75, 3.05) is 20.8 Å². The van der Waals surface area contributed by atoms with Gasteiger partial charge in [-0.15, -0.1) is 0 Å². The Kier molecular flexibility index (Phi) is 6.09. The summed E-state index contributed by atoms with van der Waals surface area (Å²) in [5.41, 5.74) is 6.23. The molecule has 2 aromatic heterocycles. The van der Waals surface area contributed by atoms with Crippen molar-refractivity contribution in [3.63, 3.8) is 0 Å². The minimum Gasteiger partial charge on any atom is -0.497 e. The van der Waals surface area contributed by atoms with Crippen molar-refractivity contribution < 1.29 is 14.3 Å². The molecular weight excluding hydrogens is 404 g/mol. The van der Waals surface area contributed by atoms with Crippen molar-refractivity contribution in [2.45, 2.75) is 52.5 Å². The third kappa shape index (κ3) is 3.80. The maximum Gasteiger partial charge on any atom is 0.223 e. The lowest BCUT2D eigenvalue weighted by atomic mass is 9.98. The first-order valence-corrected chi connectivity index (χ1v) is 11.2. The molecule has 4 rings (SSSR count). The number of hydrogen-bond donors (Lipinski definition) is 0. The van der Waals surface area contributed by atoms with Crippen LogP contribution in [0.1, 0.15) is 53.4 Å². The highest BCUT2D eigenvalue weighted by Crippen LogP contribution is 2.39. The Balaban J connectivity index is 1.55. The van der Waals surface area contributed by atoms with E-state index in [9.17, 15) is 4.79 Å². The summed E-state index contributed by atoms with van der Waals surface area (Å²) in [6.45, 7) is 6.93. The van der Waals surface area contributed by atoms with Crippen molar-refractivity contribution >= 4 is 16.9 Å². The van der Waals surface area contributed by atoms with Crippen molar-refractivity contribution in [1.29, 1.82) is 0 Å². The van der Waals surface area contributed by atoms with Crippen LogP contribution in [0.3, 0.4) is 0 Å². The summed E-state index contributed by atoms with van der Waals surface area (Å²) < 4.78 is 12.8. The topological polar surface area (TPSA) is 69.5 Å². The summed E-state index contributed by atoms with van der Waals surface area (Å²) in [4.78, 5) is 20.1. The fourth-order valence-electron chi connectivity index (χ4n) is 5.09. The van der Waals surface area contributed by atoms with Crippen LogP contribution in [0.2, 0.25) is 0 Å². The number of pyridine rings is 1. The minimum atomic E-state index is 0.0340. The lowest BCUT2D eigenvalue weighted by molar-refractivity contribution is -0.132. The Morgan fingerprint density at radius 1 is 1.16 bits per heavy atom. The van der Waals surface area contributed by atoms with Crippen molar-refractivity contribution in [1.82, 2.24) is 19.7 Å². The predicted molar refractivity (Wildman–Crippen MR) is 124 cm³/mol. The first-order valence-electron chi connectivity index (χ1n) is 11.2. The highest BCUT2D eigenvalue weighted by molar-refractivity contribution is 5.84. The number of methoxy groups -OCH3 is 2. The van der Waals surface area contributed by atoms with Gasteiger partial charge in [0.1, 0.15) is 11.5 Å². The average molecular weight is 437 g/mol. The van der Waals surface area contributed by atoms with Crippen LogP contribution in [0.5, 0.6) is 11.5 Å². The minimum absolute atomic E-state index is 0.0340. The predicted octanol–water partition coefficient (Wildman–Crippen LogP) is 4.21. The molecule has 1 aromatic carbocycles. The van der Waals surface area contributed by atoms with E-state index in [-0.39, 0.29) is 11.9 Å². The molecule has 1 atom stereocenters. The summed E-state index contributed by atoms with van der Waals surface area (Å²) in [6, 6.07) is 5.88. The lowest BCUT2D eigenvalue weighted by Gasteiger charge is -2.27. The Morgan fingerprint density at radius 2 is 1.94 bits per heavy atom. The van der Waals surface area contributed by atoms with E-state index < -0.39 is 0 Å². The molecule has 1 saturated heterocycles. The number of amides is 1. The zero-order valence-electron chi connectivity index (χ0n) is 19.9. The molecule has 1 aliphatic heterocycles. The Hall–Kier alpha value is -3.09. The van der Waals surface area contributed by atoms with Gasteiger partial charge in [-0.25, -0.2) is 4.98 Å². The molecular formula is C25H32N4O3. The zero-order chi connectivity index (χ0) is 23.0. The van der Waals surface area contributed by atoms with E-state index in [4.69, 9.17) is 14.5 Å². The molecule has 3 heterocycles. The molecule has 1 aliphatic rings. The van der Waals surface area contributed by atoms with Crippen LogP contribution in [-0.2, 0) is 18.3 Å². The molecule has 0 saturated carbocycles. The number of aromatic nitrogens is 3. The van der Waals surface area contributed by atoms with Gasteiger partial charge in [-0.2, -0.15) is 5.10 Å². The molecule has 1 amide bonds. The fourth-order valence-corrected chi connectivity index (χ4v) is 5.09. The molecule has 0 radical (unpaired) electrons. The van der Waals surface area contributed by atoms with Gasteiger partial charge in [0.2, 0.25) is 5.91 Å². The number of carbonyl (C=O) groups is 1. The summed E-state index contributed by atoms with van der Waals surface area (Å²) >= 11 is 0. The summed E-state index contributed by atoms with van der Waals surface area (Å²) in [6.07, 6.45) is 3.07. The third-order valence-corrected chi connectivity index (χ3v) is 6.69. The Morgan fingerprint density at radius 3 is 2.66 bits per heavy atom. The molecule has 0 unspecified atom stereocenters. The number of aryl methyl sites for hydroxylation is 4. The van der Waals surface area contributed by atoms with Gasteiger partial charge in [0.15, 0.2) is 5.65 Å². The van der Waals surface area contributed by atoms with Crippen LogP contribution in [0.4, 0.5) is 0 Å². The van der Waals surface area contributed by atoms with E-state index in [1.807, 2.05) is 48.7 Å². The molecule has 0 spiro atoms. The van der Waals surface area contributed by atoms with Crippen LogP contribution < -0.4 is 9.47 Å². The molecule has 0 aliphatic carbocycles. The fraction of sp³-hybridized carbons (Fsp3) is 0.480. The van der Waals surface area contributed by atoms with Crippen LogP contribution in [0.15, 0.2) is 18.2 Å². The van der Waals surface area contributed by atoms with Gasteiger partial charge in [-0.1, -0.05) is 0 Å². The normalized spacial score (nSPS) is 16.1. The Labute approximate surface area is 189 Å². The second-order valence-electron chi connectivity index (χ2n) is 8.56. The van der Waals surface area contributed by atoms with Gasteiger partial charge in [0.25, 0.3) is 0 Å². The molecule has 0 bridgehead atoms. The Bertz CT molecular complexity index is 1170. The highest BCUT2D eigenvalue weighted by atomic mass is 16.5. The quantitative estimate of drug-likeness (QED) is 0.579. The SMILES string of the molecule is COc1ccc([C@H]2CCCN2C(=O)CCc2c(C)nc3c(c(C)nn3C)c2C)c(OC)c1. The van der Waals surface area contributed by atoms with E-state index in [2.05, 4.69) is 12.0 Å². The summed E-state index contributed by atoms with van der Waals surface area (Å²) in [7, 11) is 5.23. The summed E-state index contributed by atoms with van der Waals surface area (Å²) in [5, 5.41) is 5.62. The number of rotatable bonds is 6. The third-order valence-electron chi connectivity index (χ3n) is 6.69. The summed E-state index contributed by atoms with van der Waals surface area (Å²) in [5.74, 6) is 1.69. The molecule has 7 nitrogen and oxygen atoms in total. The van der Waals surface area contributed by atoms with E-state index in [1.165, 1.54) is 5.56 Å². The van der Waals surface area contributed by atoms with E-state index in [1.54, 1.807) is 14.2 Å². The van der Waals surface area contributed by atoms with Crippen LogP contribution in [0, 0.1) is 20.8 Å². The maximum atomic E-state index is 13.3. The van der Waals surface area contributed by atoms with Gasteiger partial charge in [0.05, 0.1) is 26.0 Å². The number of ether oxygens (including phenoxy) is 2. The molecule has 1 fully saturated rings. The van der Waals surface area contributed by atoms with E-state index >= 15 is 0 Å². The van der Waals surface area contributed by atoms with Gasteiger partial charge < -0.3 is 14.4 Å². The number of fused-ring (bicyclic) bond motifs is 1. The average Bonchev–Trinajstić information content (AvgIpc) is 3.37. The van der Waals surface area contributed by atoms with Crippen molar-refractivity contribution in [3.8, 4) is 11.5 Å². The lowest BCUT2D eigenvalue weighted by Crippen LogP contribution is -2.31. The highest BCUT2D eigenvalue weighted by Gasteiger charge is 2.32. The molecule has 32 heavy (non-hydrogen) atoms. The number of nitrogens with zero attached hydrogens (tertiary/aromatic N) is 4.